The van der Waals surface area contributed by atoms with Gasteiger partial charge in [-0.25, -0.2) is 0 Å². The van der Waals surface area contributed by atoms with Crippen LogP contribution in [0.3, 0.4) is 0 Å². The molecule has 1 nitrogen and oxygen atoms in total. The third kappa shape index (κ3) is 3.24. The summed E-state index contributed by atoms with van der Waals surface area (Å²) >= 11 is 0. The lowest BCUT2D eigenvalue weighted by Gasteiger charge is -2.34. The van der Waals surface area contributed by atoms with Crippen molar-refractivity contribution in [1.29, 1.82) is 0 Å². The Morgan fingerprint density at radius 3 is 2.17 bits per heavy atom. The van der Waals surface area contributed by atoms with Crippen LogP contribution in [0.5, 0.6) is 0 Å². The van der Waals surface area contributed by atoms with E-state index in [9.17, 15) is 0 Å². The summed E-state index contributed by atoms with van der Waals surface area (Å²) in [5.41, 5.74) is 8.16. The maximum atomic E-state index is 4.25. The van der Waals surface area contributed by atoms with Crippen molar-refractivity contribution in [1.82, 2.24) is 0 Å². The largest absolute Gasteiger partial charge is 0.378 e. The average Bonchev–Trinajstić information content (AvgIpc) is 2.69. The molecule has 0 saturated heterocycles. The Labute approximate surface area is 182 Å². The summed E-state index contributed by atoms with van der Waals surface area (Å²) in [6, 6.07) is 20.9. The molecule has 0 fully saturated rings. The standard InChI is InChI=1S/C28H33NSi/c1-18(2)21-10-13-23(20(4)16-21)28-24-12-9-19(3)15-26(24)30(7,8)27-17-22(29(5)6)11-14-25(27)28/h9-18H,3H2,1-2,4-8H3. The van der Waals surface area contributed by atoms with Crippen molar-refractivity contribution >= 4 is 36.3 Å². The number of rotatable bonds is 3. The smallest absolute Gasteiger partial charge is 0.113 e. The lowest BCUT2D eigenvalue weighted by molar-refractivity contribution is 0.864. The van der Waals surface area contributed by atoms with Crippen molar-refractivity contribution in [2.24, 2.45) is 0 Å². The van der Waals surface area contributed by atoms with E-state index in [4.69, 9.17) is 0 Å². The molecule has 1 heterocycles. The highest BCUT2D eigenvalue weighted by atomic mass is 28.3. The summed E-state index contributed by atoms with van der Waals surface area (Å²) in [5.74, 6) is 0.538. The first-order valence-electron chi connectivity index (χ1n) is 10.9. The normalized spacial score (nSPS) is 14.5. The van der Waals surface area contributed by atoms with Crippen LogP contribution < -0.4 is 25.7 Å². The van der Waals surface area contributed by atoms with E-state index in [1.807, 2.05) is 0 Å². The first-order valence-corrected chi connectivity index (χ1v) is 13.9. The van der Waals surface area contributed by atoms with Gasteiger partial charge in [-0.2, -0.15) is 0 Å². The van der Waals surface area contributed by atoms with Crippen LogP contribution in [0.25, 0.3) is 12.2 Å². The molecule has 0 aliphatic carbocycles. The van der Waals surface area contributed by atoms with E-state index in [0.717, 1.165) is 5.22 Å². The van der Waals surface area contributed by atoms with Gasteiger partial charge < -0.3 is 4.90 Å². The van der Waals surface area contributed by atoms with E-state index in [1.54, 1.807) is 0 Å². The molecule has 3 aromatic rings. The fourth-order valence-electron chi connectivity index (χ4n) is 4.78. The zero-order valence-electron chi connectivity index (χ0n) is 19.4. The van der Waals surface area contributed by atoms with E-state index in [-0.39, 0.29) is 0 Å². The molecule has 4 rings (SSSR count). The Kier molecular flexibility index (Phi) is 5.02. The van der Waals surface area contributed by atoms with Crippen LogP contribution in [0.2, 0.25) is 13.1 Å². The molecule has 1 aliphatic heterocycles. The summed E-state index contributed by atoms with van der Waals surface area (Å²) in [6.45, 7) is 16.0. The molecule has 0 atom stereocenters. The van der Waals surface area contributed by atoms with Crippen molar-refractivity contribution in [3.8, 4) is 0 Å². The first-order chi connectivity index (χ1) is 14.1. The highest BCUT2D eigenvalue weighted by Crippen LogP contribution is 2.30. The summed E-state index contributed by atoms with van der Waals surface area (Å²) in [4.78, 5) is 2.21. The zero-order chi connectivity index (χ0) is 21.8. The van der Waals surface area contributed by atoms with Crippen molar-refractivity contribution in [2.75, 3.05) is 19.0 Å². The molecule has 0 unspecified atom stereocenters. The summed E-state index contributed by atoms with van der Waals surface area (Å²) in [6.07, 6.45) is 0. The van der Waals surface area contributed by atoms with Gasteiger partial charge in [0.25, 0.3) is 0 Å². The minimum absolute atomic E-state index is 0.538. The molecular weight excluding hydrogens is 378 g/mol. The molecule has 0 aromatic heterocycles. The predicted molar refractivity (Wildman–Crippen MR) is 136 cm³/mol. The van der Waals surface area contributed by atoms with E-state index in [0.29, 0.717) is 5.92 Å². The minimum Gasteiger partial charge on any atom is -0.378 e. The third-order valence-corrected chi connectivity index (χ3v) is 10.2. The highest BCUT2D eigenvalue weighted by molar-refractivity contribution is 7.01. The molecule has 0 amide bonds. The summed E-state index contributed by atoms with van der Waals surface area (Å²) < 4.78 is 0. The maximum Gasteiger partial charge on any atom is 0.113 e. The second-order valence-corrected chi connectivity index (χ2v) is 14.1. The van der Waals surface area contributed by atoms with E-state index in [2.05, 4.69) is 114 Å². The molecule has 0 N–H and O–H groups in total. The van der Waals surface area contributed by atoms with Crippen LogP contribution in [0, 0.1) is 6.92 Å². The number of nitrogens with zero attached hydrogens (tertiary/aromatic N) is 1. The molecule has 154 valence electrons. The van der Waals surface area contributed by atoms with Gasteiger partial charge in [0.1, 0.15) is 8.07 Å². The Morgan fingerprint density at radius 1 is 0.833 bits per heavy atom. The second kappa shape index (κ2) is 7.28. The lowest BCUT2D eigenvalue weighted by Crippen LogP contribution is -2.63. The van der Waals surface area contributed by atoms with Gasteiger partial charge in [-0.3, -0.25) is 0 Å². The fraction of sp³-hybridized carbons (Fsp3) is 0.286. The van der Waals surface area contributed by atoms with Crippen LogP contribution in [-0.4, -0.2) is 22.2 Å². The first kappa shape index (κ1) is 20.7. The van der Waals surface area contributed by atoms with Crippen LogP contribution in [0.15, 0.2) is 54.6 Å². The minimum atomic E-state index is -1.85. The quantitative estimate of drug-likeness (QED) is 0.589. The van der Waals surface area contributed by atoms with Crippen LogP contribution in [0.4, 0.5) is 5.69 Å². The second-order valence-electron chi connectivity index (χ2n) is 9.73. The Morgan fingerprint density at radius 2 is 1.53 bits per heavy atom. The topological polar surface area (TPSA) is 3.24 Å². The van der Waals surface area contributed by atoms with Gasteiger partial charge in [0.2, 0.25) is 0 Å². The number of fused-ring (bicyclic) bond motifs is 2. The number of hydrogen-bond acceptors (Lipinski definition) is 1. The van der Waals surface area contributed by atoms with Gasteiger partial charge in [0.05, 0.1) is 0 Å². The third-order valence-electron chi connectivity index (χ3n) is 6.68. The number of anilines is 1. The van der Waals surface area contributed by atoms with Crippen LogP contribution in [-0.2, 0) is 0 Å². The molecule has 0 spiro atoms. The van der Waals surface area contributed by atoms with Crippen LogP contribution >= 0.6 is 0 Å². The summed E-state index contributed by atoms with van der Waals surface area (Å²) in [5, 5.41) is 5.52. The van der Waals surface area contributed by atoms with Gasteiger partial charge in [-0.1, -0.05) is 76.0 Å². The number of aryl methyl sites for hydroxylation is 1. The fourth-order valence-corrected chi connectivity index (χ4v) is 7.89. The highest BCUT2D eigenvalue weighted by Gasteiger charge is 2.35. The van der Waals surface area contributed by atoms with Crippen molar-refractivity contribution in [2.45, 2.75) is 39.8 Å². The number of benzene rings is 3. The predicted octanol–water partition coefficient (Wildman–Crippen LogP) is 3.98. The Hall–Kier alpha value is -2.58. The van der Waals surface area contributed by atoms with Gasteiger partial charge in [0.15, 0.2) is 0 Å². The van der Waals surface area contributed by atoms with Gasteiger partial charge in [-0.15, -0.1) is 0 Å². The SMILES string of the molecule is C=c1ccc2c(c1)[Si](C)(C)c1cc(N(C)C)ccc1C=2c1ccc(C(C)C)cc1C. The molecule has 30 heavy (non-hydrogen) atoms. The molecular formula is C28H33NSi. The molecule has 0 radical (unpaired) electrons. The van der Waals surface area contributed by atoms with E-state index < -0.39 is 8.07 Å². The van der Waals surface area contributed by atoms with Crippen molar-refractivity contribution < 1.29 is 0 Å². The Bertz CT molecular complexity index is 1250. The molecule has 2 heteroatoms. The van der Waals surface area contributed by atoms with E-state index in [1.165, 1.54) is 49.1 Å². The Balaban J connectivity index is 2.13. The number of hydrogen-bond donors (Lipinski definition) is 0. The molecule has 0 saturated carbocycles. The lowest BCUT2D eigenvalue weighted by atomic mass is 9.89. The van der Waals surface area contributed by atoms with Crippen LogP contribution in [0.1, 0.15) is 42.0 Å². The molecule has 3 aromatic carbocycles. The monoisotopic (exact) mass is 411 g/mol. The molecule has 1 aliphatic rings. The van der Waals surface area contributed by atoms with Crippen molar-refractivity contribution in [3.05, 3.63) is 87.3 Å². The average molecular weight is 412 g/mol. The van der Waals surface area contributed by atoms with Gasteiger partial charge >= 0.3 is 0 Å². The summed E-state index contributed by atoms with van der Waals surface area (Å²) in [7, 11) is 2.40. The van der Waals surface area contributed by atoms with E-state index >= 15 is 0 Å². The maximum absolute atomic E-state index is 4.25. The molecule has 0 bridgehead atoms. The van der Waals surface area contributed by atoms with Gasteiger partial charge in [-0.05, 0) is 73.6 Å². The van der Waals surface area contributed by atoms with Crippen molar-refractivity contribution in [3.63, 3.8) is 0 Å². The van der Waals surface area contributed by atoms with Gasteiger partial charge in [0, 0.05) is 19.8 Å². The zero-order valence-corrected chi connectivity index (χ0v) is 20.4.